The molecular weight excluding hydrogens is 366 g/mol. The van der Waals surface area contributed by atoms with E-state index in [1.165, 1.54) is 6.33 Å². The van der Waals surface area contributed by atoms with Crippen molar-refractivity contribution in [3.63, 3.8) is 0 Å². The van der Waals surface area contributed by atoms with E-state index >= 15 is 0 Å². The molecular formula is C21H23N7O. The van der Waals surface area contributed by atoms with Gasteiger partial charge in [0, 0.05) is 17.4 Å². The Balaban J connectivity index is 1.67. The molecule has 0 saturated carbocycles. The summed E-state index contributed by atoms with van der Waals surface area (Å²) in [7, 11) is 0. The molecule has 8 heteroatoms. The quantitative estimate of drug-likeness (QED) is 0.558. The molecule has 8 nitrogen and oxygen atoms in total. The number of carbonyl (C=O) groups is 1. The van der Waals surface area contributed by atoms with Gasteiger partial charge in [0.05, 0.1) is 22.8 Å². The second-order valence-corrected chi connectivity index (χ2v) is 7.51. The number of hydrogen-bond acceptors (Lipinski definition) is 5. The highest BCUT2D eigenvalue weighted by molar-refractivity contribution is 6.12. The van der Waals surface area contributed by atoms with Gasteiger partial charge in [-0.2, -0.15) is 10.2 Å². The zero-order chi connectivity index (χ0) is 20.5. The lowest BCUT2D eigenvalue weighted by atomic mass is 10.0. The highest BCUT2D eigenvalue weighted by Gasteiger charge is 2.19. The number of carbonyl (C=O) groups excluding carboxylic acids is 1. The van der Waals surface area contributed by atoms with Crippen LogP contribution in [0.25, 0.3) is 16.7 Å². The first kappa shape index (κ1) is 18.8. The van der Waals surface area contributed by atoms with Crippen LogP contribution in [0, 0.1) is 0 Å². The number of nitrogens with one attached hydrogen (secondary N) is 1. The Hall–Kier alpha value is -3.55. The van der Waals surface area contributed by atoms with Gasteiger partial charge < -0.3 is 5.32 Å². The summed E-state index contributed by atoms with van der Waals surface area (Å²) in [5.74, 6) is 0.0135. The molecule has 1 amide bonds. The molecule has 0 saturated heterocycles. The molecule has 29 heavy (non-hydrogen) atoms. The van der Waals surface area contributed by atoms with E-state index in [9.17, 15) is 4.79 Å². The SMILES string of the molecule is CC(C)c1cc(C(=O)Nc2ccc(-n3cncn3)cc2)c2cnn(C(C)C)c2n1. The molecule has 0 aliphatic rings. The molecule has 4 rings (SSSR count). The Kier molecular flexibility index (Phi) is 4.84. The maximum Gasteiger partial charge on any atom is 0.256 e. The second-order valence-electron chi connectivity index (χ2n) is 7.51. The number of benzene rings is 1. The second kappa shape index (κ2) is 7.46. The molecule has 0 radical (unpaired) electrons. The highest BCUT2D eigenvalue weighted by Crippen LogP contribution is 2.25. The van der Waals surface area contributed by atoms with Gasteiger partial charge >= 0.3 is 0 Å². The van der Waals surface area contributed by atoms with Crippen LogP contribution in [0.3, 0.4) is 0 Å². The Bertz CT molecular complexity index is 1140. The van der Waals surface area contributed by atoms with E-state index in [1.807, 2.05) is 48.9 Å². The van der Waals surface area contributed by atoms with Crippen LogP contribution < -0.4 is 5.32 Å². The maximum absolute atomic E-state index is 13.1. The molecule has 4 aromatic rings. The van der Waals surface area contributed by atoms with Gasteiger partial charge in [0.1, 0.15) is 12.7 Å². The van der Waals surface area contributed by atoms with E-state index in [4.69, 9.17) is 4.98 Å². The highest BCUT2D eigenvalue weighted by atomic mass is 16.1. The van der Waals surface area contributed by atoms with Crippen LogP contribution in [-0.2, 0) is 0 Å². The van der Waals surface area contributed by atoms with Crippen LogP contribution in [0.2, 0.25) is 0 Å². The first-order valence-electron chi connectivity index (χ1n) is 9.58. The predicted octanol–water partition coefficient (Wildman–Crippen LogP) is 3.97. The molecule has 0 aliphatic carbocycles. The third-order valence-electron chi connectivity index (χ3n) is 4.72. The molecule has 0 spiro atoms. The normalized spacial score (nSPS) is 11.5. The van der Waals surface area contributed by atoms with Crippen molar-refractivity contribution < 1.29 is 4.79 Å². The fourth-order valence-corrected chi connectivity index (χ4v) is 3.14. The molecule has 3 aromatic heterocycles. The molecule has 1 aromatic carbocycles. The topological polar surface area (TPSA) is 90.5 Å². The van der Waals surface area contributed by atoms with Crippen molar-refractivity contribution >= 4 is 22.6 Å². The maximum atomic E-state index is 13.1. The van der Waals surface area contributed by atoms with Crippen molar-refractivity contribution in [2.75, 3.05) is 5.32 Å². The Morgan fingerprint density at radius 1 is 1.07 bits per heavy atom. The number of fused-ring (bicyclic) bond motifs is 1. The van der Waals surface area contributed by atoms with E-state index in [0.29, 0.717) is 11.3 Å². The first-order valence-corrected chi connectivity index (χ1v) is 9.58. The Morgan fingerprint density at radius 2 is 1.83 bits per heavy atom. The number of hydrogen-bond donors (Lipinski definition) is 1. The number of pyridine rings is 1. The number of nitrogens with zero attached hydrogens (tertiary/aromatic N) is 6. The van der Waals surface area contributed by atoms with E-state index < -0.39 is 0 Å². The number of amides is 1. The monoisotopic (exact) mass is 389 g/mol. The van der Waals surface area contributed by atoms with Crippen molar-refractivity contribution in [3.8, 4) is 5.69 Å². The van der Waals surface area contributed by atoms with Crippen molar-refractivity contribution in [1.29, 1.82) is 0 Å². The third-order valence-corrected chi connectivity index (χ3v) is 4.72. The molecule has 3 heterocycles. The molecule has 0 aliphatic heterocycles. The van der Waals surface area contributed by atoms with Gasteiger partial charge in [-0.1, -0.05) is 13.8 Å². The van der Waals surface area contributed by atoms with Crippen molar-refractivity contribution in [2.45, 2.75) is 39.7 Å². The van der Waals surface area contributed by atoms with E-state index in [2.05, 4.69) is 34.3 Å². The summed E-state index contributed by atoms with van der Waals surface area (Å²) in [4.78, 5) is 21.8. The van der Waals surface area contributed by atoms with Gasteiger partial charge in [0.25, 0.3) is 5.91 Å². The molecule has 1 N–H and O–H groups in total. The summed E-state index contributed by atoms with van der Waals surface area (Å²) in [5.41, 5.74) is 3.74. The lowest BCUT2D eigenvalue weighted by Gasteiger charge is -2.12. The zero-order valence-corrected chi connectivity index (χ0v) is 16.9. The van der Waals surface area contributed by atoms with Crippen molar-refractivity contribution in [1.82, 2.24) is 29.5 Å². The minimum absolute atomic E-state index is 0.155. The average molecular weight is 389 g/mol. The Morgan fingerprint density at radius 3 is 2.45 bits per heavy atom. The van der Waals surface area contributed by atoms with Crippen LogP contribution >= 0.6 is 0 Å². The predicted molar refractivity (Wildman–Crippen MR) is 111 cm³/mol. The molecule has 148 valence electrons. The van der Waals surface area contributed by atoms with Gasteiger partial charge in [-0.25, -0.2) is 19.3 Å². The molecule has 0 fully saturated rings. The average Bonchev–Trinajstić information content (AvgIpc) is 3.37. The van der Waals surface area contributed by atoms with Crippen molar-refractivity contribution in [3.05, 3.63) is 60.4 Å². The number of rotatable bonds is 5. The lowest BCUT2D eigenvalue weighted by Crippen LogP contribution is -2.14. The zero-order valence-electron chi connectivity index (χ0n) is 16.9. The standard InChI is InChI=1S/C21H23N7O/c1-13(2)19-9-17(18-10-23-28(14(3)4)20(18)26-19)21(29)25-15-5-7-16(8-6-15)27-12-22-11-24-27/h5-14H,1-4H3,(H,25,29). The molecule has 0 unspecified atom stereocenters. The summed E-state index contributed by atoms with van der Waals surface area (Å²) < 4.78 is 3.51. The fraction of sp³-hybridized carbons (Fsp3) is 0.286. The summed E-state index contributed by atoms with van der Waals surface area (Å²) >= 11 is 0. The third kappa shape index (κ3) is 3.61. The molecule has 0 atom stereocenters. The van der Waals surface area contributed by atoms with Gasteiger partial charge in [0.2, 0.25) is 0 Å². The Labute approximate surface area is 168 Å². The summed E-state index contributed by atoms with van der Waals surface area (Å²) in [6.45, 7) is 8.22. The minimum Gasteiger partial charge on any atom is -0.322 e. The van der Waals surface area contributed by atoms with Crippen LogP contribution in [0.15, 0.2) is 49.2 Å². The van der Waals surface area contributed by atoms with Crippen LogP contribution in [0.1, 0.15) is 55.7 Å². The van der Waals surface area contributed by atoms with Crippen LogP contribution in [0.4, 0.5) is 5.69 Å². The largest absolute Gasteiger partial charge is 0.322 e. The lowest BCUT2D eigenvalue weighted by molar-refractivity contribution is 0.102. The van der Waals surface area contributed by atoms with E-state index in [1.54, 1.807) is 17.2 Å². The minimum atomic E-state index is -0.184. The first-order chi connectivity index (χ1) is 13.9. The summed E-state index contributed by atoms with van der Waals surface area (Å²) in [6.07, 6.45) is 4.82. The van der Waals surface area contributed by atoms with Crippen LogP contribution in [0.5, 0.6) is 0 Å². The van der Waals surface area contributed by atoms with Gasteiger partial charge in [-0.05, 0) is 50.1 Å². The fourth-order valence-electron chi connectivity index (χ4n) is 3.14. The summed E-state index contributed by atoms with van der Waals surface area (Å²) in [5, 5.41) is 12.3. The van der Waals surface area contributed by atoms with E-state index in [-0.39, 0.29) is 17.9 Å². The van der Waals surface area contributed by atoms with Crippen molar-refractivity contribution in [2.24, 2.45) is 0 Å². The molecule has 0 bridgehead atoms. The number of anilines is 1. The van der Waals surface area contributed by atoms with Gasteiger partial charge in [-0.15, -0.1) is 0 Å². The number of aromatic nitrogens is 6. The van der Waals surface area contributed by atoms with E-state index in [0.717, 1.165) is 22.4 Å². The van der Waals surface area contributed by atoms with Crippen LogP contribution in [-0.4, -0.2) is 35.4 Å². The van der Waals surface area contributed by atoms with Gasteiger partial charge in [0.15, 0.2) is 5.65 Å². The smallest absolute Gasteiger partial charge is 0.256 e. The summed E-state index contributed by atoms with van der Waals surface area (Å²) in [6, 6.07) is 9.45. The van der Waals surface area contributed by atoms with Gasteiger partial charge in [-0.3, -0.25) is 4.79 Å².